The van der Waals surface area contributed by atoms with Gasteiger partial charge in [-0.15, -0.1) is 0 Å². The Bertz CT molecular complexity index is 642. The molecular formula is C18H18FNO2. The van der Waals surface area contributed by atoms with Gasteiger partial charge in [0.15, 0.2) is 0 Å². The molecule has 0 aliphatic carbocycles. The van der Waals surface area contributed by atoms with Gasteiger partial charge in [0.05, 0.1) is 0 Å². The maximum absolute atomic E-state index is 13.1. The minimum absolute atomic E-state index is 0.0732. The van der Waals surface area contributed by atoms with Crippen LogP contribution in [-0.4, -0.2) is 24.0 Å². The van der Waals surface area contributed by atoms with Gasteiger partial charge in [-0.3, -0.25) is 4.90 Å². The zero-order valence-electron chi connectivity index (χ0n) is 12.4. The Balaban J connectivity index is 1.93. The maximum Gasteiger partial charge on any atom is 0.328 e. The standard InChI is InChI=1S/C18H18FNO2/c1-13(14-5-3-2-4-6-14)20-11-12-22-18(21)17(20)15-7-9-16(19)10-8-15/h2-10,13,17H,11-12H2,1H3/t13-,17+/m0/s1. The van der Waals surface area contributed by atoms with Crippen LogP contribution in [0.1, 0.15) is 30.1 Å². The van der Waals surface area contributed by atoms with Gasteiger partial charge in [-0.1, -0.05) is 42.5 Å². The van der Waals surface area contributed by atoms with Gasteiger partial charge >= 0.3 is 5.97 Å². The largest absolute Gasteiger partial charge is 0.463 e. The smallest absolute Gasteiger partial charge is 0.328 e. The van der Waals surface area contributed by atoms with Gasteiger partial charge in [0.25, 0.3) is 0 Å². The molecule has 0 aromatic heterocycles. The third-order valence-corrected chi connectivity index (χ3v) is 4.11. The van der Waals surface area contributed by atoms with E-state index in [-0.39, 0.29) is 17.8 Å². The molecular weight excluding hydrogens is 281 g/mol. The van der Waals surface area contributed by atoms with Crippen molar-refractivity contribution in [3.8, 4) is 0 Å². The van der Waals surface area contributed by atoms with E-state index in [9.17, 15) is 9.18 Å². The number of nitrogens with zero attached hydrogens (tertiary/aromatic N) is 1. The third-order valence-electron chi connectivity index (χ3n) is 4.11. The van der Waals surface area contributed by atoms with Gasteiger partial charge in [-0.2, -0.15) is 0 Å². The molecule has 1 heterocycles. The van der Waals surface area contributed by atoms with E-state index in [1.54, 1.807) is 12.1 Å². The number of esters is 1. The number of carbonyl (C=O) groups excluding carboxylic acids is 1. The van der Waals surface area contributed by atoms with Crippen LogP contribution in [0.25, 0.3) is 0 Å². The molecule has 1 fully saturated rings. The van der Waals surface area contributed by atoms with E-state index in [2.05, 4.69) is 11.8 Å². The number of hydrogen-bond donors (Lipinski definition) is 0. The molecule has 3 nitrogen and oxygen atoms in total. The average molecular weight is 299 g/mol. The van der Waals surface area contributed by atoms with Crippen molar-refractivity contribution < 1.29 is 13.9 Å². The molecule has 2 aromatic carbocycles. The van der Waals surface area contributed by atoms with Crippen LogP contribution in [0.2, 0.25) is 0 Å². The number of hydrogen-bond acceptors (Lipinski definition) is 3. The van der Waals surface area contributed by atoms with Crippen molar-refractivity contribution in [2.24, 2.45) is 0 Å². The van der Waals surface area contributed by atoms with Gasteiger partial charge in [-0.25, -0.2) is 9.18 Å². The summed E-state index contributed by atoms with van der Waals surface area (Å²) in [6.45, 7) is 3.11. The van der Waals surface area contributed by atoms with Crippen LogP contribution in [0, 0.1) is 5.82 Å². The lowest BCUT2D eigenvalue weighted by atomic mass is 9.99. The van der Waals surface area contributed by atoms with E-state index in [0.29, 0.717) is 13.2 Å². The second-order valence-corrected chi connectivity index (χ2v) is 5.45. The third kappa shape index (κ3) is 2.88. The van der Waals surface area contributed by atoms with Crippen molar-refractivity contribution in [1.82, 2.24) is 4.90 Å². The molecule has 114 valence electrons. The molecule has 0 bridgehead atoms. The van der Waals surface area contributed by atoms with Crippen LogP contribution < -0.4 is 0 Å². The highest BCUT2D eigenvalue weighted by Crippen LogP contribution is 2.33. The van der Waals surface area contributed by atoms with Gasteiger partial charge in [0.2, 0.25) is 0 Å². The van der Waals surface area contributed by atoms with Crippen molar-refractivity contribution in [3.05, 3.63) is 71.5 Å². The van der Waals surface area contributed by atoms with Gasteiger partial charge in [0, 0.05) is 12.6 Å². The maximum atomic E-state index is 13.1. The molecule has 1 saturated heterocycles. The summed E-state index contributed by atoms with van der Waals surface area (Å²) in [6, 6.07) is 15.7. The predicted octanol–water partition coefficient (Wildman–Crippen LogP) is 3.49. The van der Waals surface area contributed by atoms with Crippen LogP contribution in [0.4, 0.5) is 4.39 Å². The quantitative estimate of drug-likeness (QED) is 0.813. The van der Waals surface area contributed by atoms with Crippen molar-refractivity contribution in [1.29, 1.82) is 0 Å². The fourth-order valence-corrected chi connectivity index (χ4v) is 2.91. The molecule has 0 amide bonds. The summed E-state index contributed by atoms with van der Waals surface area (Å²) in [5.41, 5.74) is 1.90. The fraction of sp³-hybridized carbons (Fsp3) is 0.278. The van der Waals surface area contributed by atoms with Crippen LogP contribution in [0.15, 0.2) is 54.6 Å². The monoisotopic (exact) mass is 299 g/mol. The lowest BCUT2D eigenvalue weighted by molar-refractivity contribution is -0.159. The van der Waals surface area contributed by atoms with Gasteiger partial charge in [-0.05, 0) is 30.2 Å². The number of ether oxygens (including phenoxy) is 1. The molecule has 0 saturated carbocycles. The Labute approximate surface area is 129 Å². The summed E-state index contributed by atoms with van der Waals surface area (Å²) < 4.78 is 18.4. The van der Waals surface area contributed by atoms with E-state index in [1.165, 1.54) is 12.1 Å². The van der Waals surface area contributed by atoms with E-state index in [1.807, 2.05) is 30.3 Å². The first-order chi connectivity index (χ1) is 10.7. The predicted molar refractivity (Wildman–Crippen MR) is 81.7 cm³/mol. The molecule has 1 aliphatic rings. The Morgan fingerprint density at radius 3 is 2.50 bits per heavy atom. The first-order valence-electron chi connectivity index (χ1n) is 7.39. The first kappa shape index (κ1) is 14.7. The Morgan fingerprint density at radius 1 is 1.14 bits per heavy atom. The highest BCUT2D eigenvalue weighted by molar-refractivity contribution is 5.78. The van der Waals surface area contributed by atoms with E-state index >= 15 is 0 Å². The number of carbonyl (C=O) groups is 1. The summed E-state index contributed by atoms with van der Waals surface area (Å²) in [6.07, 6.45) is 0. The van der Waals surface area contributed by atoms with Crippen molar-refractivity contribution in [2.75, 3.05) is 13.2 Å². The molecule has 2 aromatic rings. The number of morpholine rings is 1. The molecule has 2 atom stereocenters. The Morgan fingerprint density at radius 2 is 1.82 bits per heavy atom. The molecule has 0 spiro atoms. The van der Waals surface area contributed by atoms with Crippen LogP contribution in [0.3, 0.4) is 0 Å². The highest BCUT2D eigenvalue weighted by Gasteiger charge is 2.36. The zero-order valence-corrected chi connectivity index (χ0v) is 12.4. The summed E-state index contributed by atoms with van der Waals surface area (Å²) in [5, 5.41) is 0. The van der Waals surface area contributed by atoms with Crippen LogP contribution in [-0.2, 0) is 9.53 Å². The summed E-state index contributed by atoms with van der Waals surface area (Å²) in [4.78, 5) is 14.4. The fourth-order valence-electron chi connectivity index (χ4n) is 2.91. The zero-order chi connectivity index (χ0) is 15.5. The molecule has 0 N–H and O–H groups in total. The van der Waals surface area contributed by atoms with Gasteiger partial charge in [0.1, 0.15) is 18.5 Å². The molecule has 0 radical (unpaired) electrons. The lowest BCUT2D eigenvalue weighted by Gasteiger charge is -2.38. The van der Waals surface area contributed by atoms with Gasteiger partial charge < -0.3 is 4.74 Å². The van der Waals surface area contributed by atoms with E-state index < -0.39 is 6.04 Å². The van der Waals surface area contributed by atoms with Crippen molar-refractivity contribution >= 4 is 5.97 Å². The minimum Gasteiger partial charge on any atom is -0.463 e. The Kier molecular flexibility index (Phi) is 4.20. The van der Waals surface area contributed by atoms with E-state index in [4.69, 9.17) is 4.74 Å². The molecule has 22 heavy (non-hydrogen) atoms. The SMILES string of the molecule is C[C@@H](c1ccccc1)N1CCOC(=O)[C@H]1c1ccc(F)cc1. The second-order valence-electron chi connectivity index (χ2n) is 5.45. The number of benzene rings is 2. The lowest BCUT2D eigenvalue weighted by Crippen LogP contribution is -2.44. The Hall–Kier alpha value is -2.20. The van der Waals surface area contributed by atoms with Crippen LogP contribution in [0.5, 0.6) is 0 Å². The minimum atomic E-state index is -0.496. The first-order valence-corrected chi connectivity index (χ1v) is 7.39. The second kappa shape index (κ2) is 6.28. The van der Waals surface area contributed by atoms with Crippen molar-refractivity contribution in [2.45, 2.75) is 19.0 Å². The highest BCUT2D eigenvalue weighted by atomic mass is 19.1. The normalized spacial score (nSPS) is 20.5. The molecule has 3 rings (SSSR count). The number of halogens is 1. The number of cyclic esters (lactones) is 1. The van der Waals surface area contributed by atoms with Crippen molar-refractivity contribution in [3.63, 3.8) is 0 Å². The van der Waals surface area contributed by atoms with Crippen LogP contribution >= 0.6 is 0 Å². The summed E-state index contributed by atoms with van der Waals surface area (Å²) in [5.74, 6) is -0.587. The summed E-state index contributed by atoms with van der Waals surface area (Å²) >= 11 is 0. The molecule has 0 unspecified atom stereocenters. The summed E-state index contributed by atoms with van der Waals surface area (Å²) in [7, 11) is 0. The molecule has 4 heteroatoms. The van der Waals surface area contributed by atoms with E-state index in [0.717, 1.165) is 11.1 Å². The number of rotatable bonds is 3. The average Bonchev–Trinajstić information content (AvgIpc) is 2.56. The topological polar surface area (TPSA) is 29.5 Å². The molecule has 1 aliphatic heterocycles.